The molecule has 0 saturated carbocycles. The average molecular weight is 581 g/mol. The molecule has 1 N–H and O–H groups in total. The second-order valence-electron chi connectivity index (χ2n) is 15.2. The zero-order valence-corrected chi connectivity index (χ0v) is 28.7. The third kappa shape index (κ3) is 9.49. The fraction of sp³-hybridized carbons (Fsp3) is 0.667. The Hall–Kier alpha value is -1.50. The summed E-state index contributed by atoms with van der Waals surface area (Å²) < 4.78 is 6.59. The summed E-state index contributed by atoms with van der Waals surface area (Å²) in [4.78, 5) is 5.16. The summed E-state index contributed by atoms with van der Waals surface area (Å²) in [6.45, 7) is 24.2. The van der Waals surface area contributed by atoms with Crippen molar-refractivity contribution >= 4 is 8.32 Å². The number of benzene rings is 2. The van der Waals surface area contributed by atoms with E-state index in [9.17, 15) is 5.11 Å². The fourth-order valence-corrected chi connectivity index (χ4v) is 7.30. The third-order valence-corrected chi connectivity index (χ3v) is 14.6. The summed E-state index contributed by atoms with van der Waals surface area (Å²) >= 11 is 0. The van der Waals surface area contributed by atoms with Gasteiger partial charge in [-0.2, -0.15) is 0 Å². The van der Waals surface area contributed by atoms with Gasteiger partial charge in [-0.05, 0) is 95.5 Å². The Balaban J connectivity index is 0.000000239. The Morgan fingerprint density at radius 2 is 1.17 bits per heavy atom. The zero-order valence-electron chi connectivity index (χ0n) is 27.7. The van der Waals surface area contributed by atoms with E-state index in [-0.39, 0.29) is 22.7 Å². The molecule has 2 atom stereocenters. The number of aliphatic hydroxyl groups excluding tert-OH is 1. The SMILES string of the molecule is CC1(C)CCC[C@H](CO)N1Cc1ccccc1.CC1(C)CCC[C@H](CO[Si](C)(C)C(C)(C)C)N1Cc1ccccc1. The van der Waals surface area contributed by atoms with Crippen molar-refractivity contribution in [3.8, 4) is 0 Å². The van der Waals surface area contributed by atoms with Gasteiger partial charge in [0, 0.05) is 42.9 Å². The van der Waals surface area contributed by atoms with Gasteiger partial charge in [0.05, 0.1) is 6.61 Å². The molecule has 2 aromatic rings. The number of nitrogens with zero attached hydrogens (tertiary/aromatic N) is 2. The minimum Gasteiger partial charge on any atom is -0.415 e. The van der Waals surface area contributed by atoms with E-state index in [2.05, 4.69) is 126 Å². The molecule has 0 amide bonds. The molecule has 2 aliphatic heterocycles. The second kappa shape index (κ2) is 14.3. The van der Waals surface area contributed by atoms with Gasteiger partial charge in [0.2, 0.25) is 0 Å². The number of aliphatic hydroxyl groups is 1. The van der Waals surface area contributed by atoms with Crippen molar-refractivity contribution in [3.63, 3.8) is 0 Å². The van der Waals surface area contributed by atoms with Gasteiger partial charge < -0.3 is 9.53 Å². The van der Waals surface area contributed by atoms with Crippen molar-refractivity contribution < 1.29 is 9.53 Å². The molecule has 0 aliphatic carbocycles. The van der Waals surface area contributed by atoms with Crippen molar-refractivity contribution in [1.29, 1.82) is 0 Å². The van der Waals surface area contributed by atoms with Crippen molar-refractivity contribution in [2.24, 2.45) is 0 Å². The molecule has 0 spiro atoms. The van der Waals surface area contributed by atoms with Crippen molar-refractivity contribution in [1.82, 2.24) is 9.80 Å². The van der Waals surface area contributed by atoms with Crippen LogP contribution in [-0.4, -0.2) is 59.6 Å². The lowest BCUT2D eigenvalue weighted by Crippen LogP contribution is -2.55. The highest BCUT2D eigenvalue weighted by Gasteiger charge is 2.41. The molecule has 2 aromatic carbocycles. The van der Waals surface area contributed by atoms with Crippen molar-refractivity contribution in [2.75, 3.05) is 13.2 Å². The maximum atomic E-state index is 9.53. The van der Waals surface area contributed by atoms with Gasteiger partial charge in [-0.25, -0.2) is 0 Å². The van der Waals surface area contributed by atoms with Gasteiger partial charge in [0.15, 0.2) is 8.32 Å². The highest BCUT2D eigenvalue weighted by atomic mass is 28.4. The normalized spacial score (nSPS) is 23.5. The highest BCUT2D eigenvalue weighted by molar-refractivity contribution is 6.74. The maximum absolute atomic E-state index is 9.53. The summed E-state index contributed by atoms with van der Waals surface area (Å²) in [6, 6.07) is 22.3. The third-order valence-electron chi connectivity index (χ3n) is 10.1. The number of likely N-dealkylation sites (tertiary alicyclic amines) is 2. The number of piperidine rings is 2. The molecule has 0 aromatic heterocycles. The molecule has 0 radical (unpaired) electrons. The summed E-state index contributed by atoms with van der Waals surface area (Å²) in [5.41, 5.74) is 3.18. The molecule has 2 aliphatic rings. The first-order chi connectivity index (χ1) is 19.2. The molecule has 0 unspecified atom stereocenters. The molecule has 230 valence electrons. The molecule has 2 saturated heterocycles. The van der Waals surface area contributed by atoms with Crippen LogP contribution >= 0.6 is 0 Å². The topological polar surface area (TPSA) is 35.9 Å². The van der Waals surface area contributed by atoms with Crippen molar-refractivity contribution in [3.05, 3.63) is 71.8 Å². The zero-order chi connectivity index (χ0) is 30.3. The molecule has 2 fully saturated rings. The van der Waals surface area contributed by atoms with Crippen LogP contribution < -0.4 is 0 Å². The lowest BCUT2D eigenvalue weighted by molar-refractivity contribution is -0.00947. The first kappa shape index (κ1) is 34.0. The highest BCUT2D eigenvalue weighted by Crippen LogP contribution is 2.39. The number of hydrogen-bond donors (Lipinski definition) is 1. The second-order valence-corrected chi connectivity index (χ2v) is 20.0. The monoisotopic (exact) mass is 580 g/mol. The van der Waals surface area contributed by atoms with E-state index >= 15 is 0 Å². The summed E-state index contributed by atoms with van der Waals surface area (Å²) in [5, 5.41) is 9.81. The van der Waals surface area contributed by atoms with Crippen LogP contribution in [0.4, 0.5) is 0 Å². The molecular formula is C36H60N2O2Si. The van der Waals surface area contributed by atoms with E-state index in [1.165, 1.54) is 43.2 Å². The van der Waals surface area contributed by atoms with E-state index in [1.807, 2.05) is 6.07 Å². The first-order valence-corrected chi connectivity index (χ1v) is 18.9. The van der Waals surface area contributed by atoms with Gasteiger partial charge in [0.1, 0.15) is 0 Å². The predicted octanol–water partition coefficient (Wildman–Crippen LogP) is 8.65. The fourth-order valence-electron chi connectivity index (χ4n) is 6.26. The molecule has 0 bridgehead atoms. The standard InChI is InChI=1S/C21H37NOSi.C15H23NO/c1-20(2,3)24(6,7)23-17-19-14-11-15-21(4,5)22(19)16-18-12-9-8-10-13-18;1-15(2)10-6-9-14(12-17)16(15)11-13-7-4-3-5-8-13/h8-10,12-13,19H,11,14-17H2,1-7H3;3-5,7-8,14,17H,6,9-12H2,1-2H3/t19-;14-/m11/s1. The quantitative estimate of drug-likeness (QED) is 0.317. The molecule has 5 heteroatoms. The summed E-state index contributed by atoms with van der Waals surface area (Å²) in [7, 11) is -1.68. The van der Waals surface area contributed by atoms with Gasteiger partial charge in [0.25, 0.3) is 0 Å². The van der Waals surface area contributed by atoms with E-state index in [1.54, 1.807) is 0 Å². The minimum absolute atomic E-state index is 0.196. The van der Waals surface area contributed by atoms with Gasteiger partial charge in [-0.15, -0.1) is 0 Å². The van der Waals surface area contributed by atoms with Crippen LogP contribution in [0.2, 0.25) is 18.1 Å². The molecule has 41 heavy (non-hydrogen) atoms. The van der Waals surface area contributed by atoms with E-state index in [0.717, 1.165) is 26.1 Å². The van der Waals surface area contributed by atoms with Crippen LogP contribution in [0.25, 0.3) is 0 Å². The lowest BCUT2D eigenvalue weighted by atomic mass is 9.86. The van der Waals surface area contributed by atoms with Crippen LogP contribution in [-0.2, 0) is 17.5 Å². The largest absolute Gasteiger partial charge is 0.415 e. The predicted molar refractivity (Wildman–Crippen MR) is 178 cm³/mol. The number of rotatable bonds is 8. The van der Waals surface area contributed by atoms with Crippen LogP contribution in [0.1, 0.15) is 98.1 Å². The molecule has 4 nitrogen and oxygen atoms in total. The van der Waals surface area contributed by atoms with Crippen LogP contribution in [0.5, 0.6) is 0 Å². The van der Waals surface area contributed by atoms with Crippen molar-refractivity contribution in [2.45, 2.75) is 141 Å². The Morgan fingerprint density at radius 3 is 1.59 bits per heavy atom. The van der Waals surface area contributed by atoms with E-state index in [4.69, 9.17) is 4.43 Å². The Bertz CT molecular complexity index is 1030. The summed E-state index contributed by atoms with van der Waals surface area (Å²) in [6.07, 6.45) is 7.40. The van der Waals surface area contributed by atoms with Crippen LogP contribution in [0, 0.1) is 0 Å². The molecule has 4 rings (SSSR count). The maximum Gasteiger partial charge on any atom is 0.192 e. The smallest absolute Gasteiger partial charge is 0.192 e. The van der Waals surface area contributed by atoms with Gasteiger partial charge in [-0.1, -0.05) is 81.4 Å². The Kier molecular flexibility index (Phi) is 11.9. The summed E-state index contributed by atoms with van der Waals surface area (Å²) in [5.74, 6) is 0. The van der Waals surface area contributed by atoms with Gasteiger partial charge >= 0.3 is 0 Å². The lowest BCUT2D eigenvalue weighted by Gasteiger charge is -2.49. The van der Waals surface area contributed by atoms with Gasteiger partial charge in [-0.3, -0.25) is 9.80 Å². The Morgan fingerprint density at radius 1 is 0.756 bits per heavy atom. The first-order valence-electron chi connectivity index (χ1n) is 16.0. The molecular weight excluding hydrogens is 520 g/mol. The van der Waals surface area contributed by atoms with Crippen LogP contribution in [0.15, 0.2) is 60.7 Å². The molecule has 2 heterocycles. The average Bonchev–Trinajstić information content (AvgIpc) is 2.91. The minimum atomic E-state index is -1.68. The number of hydrogen-bond acceptors (Lipinski definition) is 4. The van der Waals surface area contributed by atoms with E-state index in [0.29, 0.717) is 12.1 Å². The van der Waals surface area contributed by atoms with E-state index < -0.39 is 8.32 Å². The van der Waals surface area contributed by atoms with Crippen LogP contribution in [0.3, 0.4) is 0 Å². The Labute approximate surface area is 253 Å².